The number of hydrogen-bond acceptors (Lipinski definition) is 7. The van der Waals surface area contributed by atoms with Crippen LogP contribution in [-0.4, -0.2) is 32.4 Å². The molecule has 1 N–H and O–H groups in total. The number of methoxy groups -OCH3 is 1. The zero-order valence-corrected chi connectivity index (χ0v) is 15.7. The summed E-state index contributed by atoms with van der Waals surface area (Å²) in [6, 6.07) is 7.65. The molecule has 2 aromatic heterocycles. The maximum Gasteiger partial charge on any atom is 0.239 e. The van der Waals surface area contributed by atoms with Gasteiger partial charge in [0.05, 0.1) is 12.4 Å². The SMILES string of the molecule is COc1ccc(-c2nc(SC(C)c3nc(C(C)(C)C)no3)n[nH]2)cc1. The molecule has 0 aliphatic heterocycles. The quantitative estimate of drug-likeness (QED) is 0.688. The van der Waals surface area contributed by atoms with Crippen LogP contribution < -0.4 is 4.74 Å². The van der Waals surface area contributed by atoms with Gasteiger partial charge in [-0.1, -0.05) is 37.7 Å². The van der Waals surface area contributed by atoms with Crippen molar-refractivity contribution < 1.29 is 9.26 Å². The van der Waals surface area contributed by atoms with Crippen LogP contribution in [-0.2, 0) is 5.41 Å². The van der Waals surface area contributed by atoms with Gasteiger partial charge in [-0.3, -0.25) is 5.10 Å². The van der Waals surface area contributed by atoms with Gasteiger partial charge >= 0.3 is 0 Å². The number of aromatic amines is 1. The molecule has 0 spiro atoms. The Bertz CT molecular complexity index is 835. The third kappa shape index (κ3) is 4.01. The first-order chi connectivity index (χ1) is 11.9. The molecule has 0 amide bonds. The summed E-state index contributed by atoms with van der Waals surface area (Å²) in [5, 5.41) is 11.9. The van der Waals surface area contributed by atoms with Crippen LogP contribution in [0.3, 0.4) is 0 Å². The van der Waals surface area contributed by atoms with E-state index in [4.69, 9.17) is 9.26 Å². The molecule has 2 heterocycles. The number of nitrogens with one attached hydrogen (secondary N) is 1. The van der Waals surface area contributed by atoms with E-state index in [0.29, 0.717) is 22.7 Å². The second-order valence-corrected chi connectivity index (χ2v) is 7.97. The maximum absolute atomic E-state index is 5.38. The van der Waals surface area contributed by atoms with E-state index in [1.165, 1.54) is 11.8 Å². The zero-order chi connectivity index (χ0) is 18.0. The molecular weight excluding hydrogens is 338 g/mol. The normalized spacial score (nSPS) is 13.0. The molecule has 25 heavy (non-hydrogen) atoms. The van der Waals surface area contributed by atoms with Crippen molar-refractivity contribution in [1.29, 1.82) is 0 Å². The second kappa shape index (κ2) is 6.87. The molecule has 1 atom stereocenters. The van der Waals surface area contributed by atoms with Gasteiger partial charge < -0.3 is 9.26 Å². The number of hydrogen-bond donors (Lipinski definition) is 1. The van der Waals surface area contributed by atoms with Crippen molar-refractivity contribution in [1.82, 2.24) is 25.3 Å². The van der Waals surface area contributed by atoms with Gasteiger partial charge in [-0.2, -0.15) is 4.98 Å². The highest BCUT2D eigenvalue weighted by molar-refractivity contribution is 7.99. The number of aromatic nitrogens is 5. The fourth-order valence-corrected chi connectivity index (χ4v) is 2.85. The van der Waals surface area contributed by atoms with E-state index in [0.717, 1.165) is 11.3 Å². The van der Waals surface area contributed by atoms with E-state index in [1.54, 1.807) is 7.11 Å². The van der Waals surface area contributed by atoms with Crippen molar-refractivity contribution in [2.75, 3.05) is 7.11 Å². The topological polar surface area (TPSA) is 89.7 Å². The highest BCUT2D eigenvalue weighted by atomic mass is 32.2. The number of rotatable bonds is 5. The monoisotopic (exact) mass is 359 g/mol. The van der Waals surface area contributed by atoms with Crippen molar-refractivity contribution >= 4 is 11.8 Å². The standard InChI is InChI=1S/C17H21N5O2S/c1-10(14-19-15(22-24-14)17(2,3)4)25-16-18-13(20-21-16)11-6-8-12(23-5)9-7-11/h6-10H,1-5H3,(H,18,20,21). The summed E-state index contributed by atoms with van der Waals surface area (Å²) < 4.78 is 10.5. The first-order valence-corrected chi connectivity index (χ1v) is 8.82. The number of H-pyrrole nitrogens is 1. The number of benzene rings is 1. The molecule has 132 valence electrons. The smallest absolute Gasteiger partial charge is 0.239 e. The zero-order valence-electron chi connectivity index (χ0n) is 14.9. The molecule has 0 saturated heterocycles. The van der Waals surface area contributed by atoms with Gasteiger partial charge in [0.2, 0.25) is 11.0 Å². The predicted molar refractivity (Wildman–Crippen MR) is 95.6 cm³/mol. The fourth-order valence-electron chi connectivity index (χ4n) is 2.09. The van der Waals surface area contributed by atoms with E-state index in [1.807, 2.05) is 31.2 Å². The van der Waals surface area contributed by atoms with E-state index in [-0.39, 0.29) is 10.7 Å². The summed E-state index contributed by atoms with van der Waals surface area (Å²) >= 11 is 1.47. The summed E-state index contributed by atoms with van der Waals surface area (Å²) in [6.07, 6.45) is 0. The molecule has 8 heteroatoms. The number of thioether (sulfide) groups is 1. The molecule has 1 unspecified atom stereocenters. The van der Waals surface area contributed by atoms with Crippen LogP contribution in [0.5, 0.6) is 5.75 Å². The van der Waals surface area contributed by atoms with Gasteiger partial charge in [-0.05, 0) is 31.2 Å². The van der Waals surface area contributed by atoms with Gasteiger partial charge in [0.15, 0.2) is 11.6 Å². The summed E-state index contributed by atoms with van der Waals surface area (Å²) in [5.41, 5.74) is 0.804. The molecule has 1 aromatic carbocycles. The van der Waals surface area contributed by atoms with Gasteiger partial charge in [0.1, 0.15) is 5.75 Å². The van der Waals surface area contributed by atoms with Crippen molar-refractivity contribution in [3.8, 4) is 17.1 Å². The van der Waals surface area contributed by atoms with Crippen LogP contribution in [0.4, 0.5) is 0 Å². The molecule has 0 fully saturated rings. The van der Waals surface area contributed by atoms with Gasteiger partial charge in [-0.25, -0.2) is 4.98 Å². The molecule has 0 aliphatic carbocycles. The summed E-state index contributed by atoms with van der Waals surface area (Å²) in [4.78, 5) is 9.01. The average molecular weight is 359 g/mol. The van der Waals surface area contributed by atoms with Crippen molar-refractivity contribution in [2.45, 2.75) is 43.5 Å². The Morgan fingerprint density at radius 3 is 2.48 bits per heavy atom. The Kier molecular flexibility index (Phi) is 4.80. The van der Waals surface area contributed by atoms with E-state index in [2.05, 4.69) is 46.1 Å². The van der Waals surface area contributed by atoms with Gasteiger partial charge in [0.25, 0.3) is 0 Å². The van der Waals surface area contributed by atoms with Crippen LogP contribution >= 0.6 is 11.8 Å². The number of ether oxygens (including phenoxy) is 1. The van der Waals surface area contributed by atoms with Crippen LogP contribution in [0.15, 0.2) is 33.9 Å². The Morgan fingerprint density at radius 1 is 1.16 bits per heavy atom. The van der Waals surface area contributed by atoms with Crippen LogP contribution in [0.2, 0.25) is 0 Å². The van der Waals surface area contributed by atoms with Crippen molar-refractivity contribution in [2.24, 2.45) is 0 Å². The van der Waals surface area contributed by atoms with Gasteiger partial charge in [0, 0.05) is 11.0 Å². The summed E-state index contributed by atoms with van der Waals surface area (Å²) in [6.45, 7) is 8.15. The Morgan fingerprint density at radius 2 is 1.88 bits per heavy atom. The minimum atomic E-state index is -0.141. The third-order valence-electron chi connectivity index (χ3n) is 3.57. The van der Waals surface area contributed by atoms with Crippen LogP contribution in [0.1, 0.15) is 44.7 Å². The number of nitrogens with zero attached hydrogens (tertiary/aromatic N) is 4. The molecule has 7 nitrogen and oxygen atoms in total. The van der Waals surface area contributed by atoms with E-state index in [9.17, 15) is 0 Å². The minimum Gasteiger partial charge on any atom is -0.497 e. The highest BCUT2D eigenvalue weighted by Gasteiger charge is 2.24. The largest absolute Gasteiger partial charge is 0.497 e. The Hall–Kier alpha value is -2.35. The Labute approximate surface area is 150 Å². The lowest BCUT2D eigenvalue weighted by Gasteiger charge is -2.11. The van der Waals surface area contributed by atoms with E-state index >= 15 is 0 Å². The van der Waals surface area contributed by atoms with Crippen molar-refractivity contribution in [3.05, 3.63) is 36.0 Å². The lowest BCUT2D eigenvalue weighted by Crippen LogP contribution is -2.13. The average Bonchev–Trinajstić information content (AvgIpc) is 3.24. The summed E-state index contributed by atoms with van der Waals surface area (Å²) in [5.74, 6) is 2.78. The second-order valence-electron chi connectivity index (χ2n) is 6.66. The van der Waals surface area contributed by atoms with Crippen LogP contribution in [0, 0.1) is 0 Å². The first kappa shape index (κ1) is 17.5. The molecule has 3 rings (SSSR count). The Balaban J connectivity index is 1.71. The molecule has 0 saturated carbocycles. The third-order valence-corrected chi connectivity index (χ3v) is 4.52. The highest BCUT2D eigenvalue weighted by Crippen LogP contribution is 2.33. The molecule has 0 aliphatic rings. The molecule has 0 radical (unpaired) electrons. The fraction of sp³-hybridized carbons (Fsp3) is 0.412. The first-order valence-electron chi connectivity index (χ1n) is 7.94. The lowest BCUT2D eigenvalue weighted by molar-refractivity contribution is 0.364. The van der Waals surface area contributed by atoms with Crippen molar-refractivity contribution in [3.63, 3.8) is 0 Å². The molecule has 0 bridgehead atoms. The molecule has 3 aromatic rings. The molecular formula is C17H21N5O2S. The van der Waals surface area contributed by atoms with E-state index < -0.39 is 0 Å². The lowest BCUT2D eigenvalue weighted by atomic mass is 9.96. The maximum atomic E-state index is 5.38. The van der Waals surface area contributed by atoms with Crippen LogP contribution in [0.25, 0.3) is 11.4 Å². The summed E-state index contributed by atoms with van der Waals surface area (Å²) in [7, 11) is 1.64. The van der Waals surface area contributed by atoms with Gasteiger partial charge in [-0.15, -0.1) is 5.10 Å². The predicted octanol–water partition coefficient (Wildman–Crippen LogP) is 4.01. The minimum absolute atomic E-state index is 0.0388.